The summed E-state index contributed by atoms with van der Waals surface area (Å²) in [5.74, 6) is 0.221. The van der Waals surface area contributed by atoms with E-state index in [-0.39, 0.29) is 30.2 Å². The molecule has 1 saturated heterocycles. The zero-order valence-corrected chi connectivity index (χ0v) is 13.8. The summed E-state index contributed by atoms with van der Waals surface area (Å²) in [7, 11) is 0. The van der Waals surface area contributed by atoms with E-state index in [1.54, 1.807) is 0 Å². The van der Waals surface area contributed by atoms with E-state index in [9.17, 15) is 9.59 Å². The molecule has 2 aliphatic heterocycles. The Morgan fingerprint density at radius 1 is 1.35 bits per heavy atom. The minimum absolute atomic E-state index is 0.0120. The molecule has 3 rings (SSSR count). The van der Waals surface area contributed by atoms with Crippen molar-refractivity contribution < 1.29 is 9.59 Å². The summed E-state index contributed by atoms with van der Waals surface area (Å²) in [6, 6.07) is 6.10. The quantitative estimate of drug-likeness (QED) is 0.797. The highest BCUT2D eigenvalue weighted by Crippen LogP contribution is 2.27. The van der Waals surface area contributed by atoms with Crippen molar-refractivity contribution in [2.45, 2.75) is 52.2 Å². The van der Waals surface area contributed by atoms with Crippen LogP contribution in [0.15, 0.2) is 18.2 Å². The van der Waals surface area contributed by atoms with Crippen molar-refractivity contribution in [3.63, 3.8) is 0 Å². The molecule has 2 unspecified atom stereocenters. The van der Waals surface area contributed by atoms with Crippen molar-refractivity contribution in [3.8, 4) is 0 Å². The van der Waals surface area contributed by atoms with Crippen molar-refractivity contribution in [3.05, 3.63) is 29.3 Å². The summed E-state index contributed by atoms with van der Waals surface area (Å²) in [4.78, 5) is 24.5. The fraction of sp³-hybridized carbons (Fsp3) is 0.556. The second-order valence-corrected chi connectivity index (χ2v) is 7.07. The first-order valence-electron chi connectivity index (χ1n) is 8.44. The van der Waals surface area contributed by atoms with Gasteiger partial charge in [0, 0.05) is 37.2 Å². The molecule has 0 aliphatic carbocycles. The molecule has 2 aliphatic rings. The lowest BCUT2D eigenvalue weighted by molar-refractivity contribution is -0.131. The summed E-state index contributed by atoms with van der Waals surface area (Å²) >= 11 is 0. The monoisotopic (exact) mass is 315 g/mol. The lowest BCUT2D eigenvalue weighted by Crippen LogP contribution is -2.46. The van der Waals surface area contributed by atoms with Crippen LogP contribution in [0.3, 0.4) is 0 Å². The first-order valence-corrected chi connectivity index (χ1v) is 8.44. The van der Waals surface area contributed by atoms with Gasteiger partial charge in [-0.1, -0.05) is 26.0 Å². The summed E-state index contributed by atoms with van der Waals surface area (Å²) in [6.45, 7) is 5.90. The number of nitrogens with one attached hydrogen (secondary N) is 3. The Kier molecular flexibility index (Phi) is 4.66. The van der Waals surface area contributed by atoms with E-state index in [2.05, 4.69) is 35.9 Å². The zero-order valence-electron chi connectivity index (χ0n) is 13.8. The average Bonchev–Trinajstić information content (AvgIpc) is 2.95. The molecule has 1 aromatic carbocycles. The van der Waals surface area contributed by atoms with Crippen LogP contribution in [0.5, 0.6) is 0 Å². The van der Waals surface area contributed by atoms with Gasteiger partial charge in [0.1, 0.15) is 0 Å². The maximum atomic E-state index is 12.6. The molecule has 1 aromatic rings. The molecule has 23 heavy (non-hydrogen) atoms. The minimum Gasteiger partial charge on any atom is -0.353 e. The Morgan fingerprint density at radius 3 is 2.96 bits per heavy atom. The smallest absolute Gasteiger partial charge is 0.228 e. The van der Waals surface area contributed by atoms with Gasteiger partial charge in [-0.05, 0) is 36.0 Å². The first-order chi connectivity index (χ1) is 11.0. The van der Waals surface area contributed by atoms with Crippen LogP contribution >= 0.6 is 0 Å². The molecule has 0 saturated carbocycles. The van der Waals surface area contributed by atoms with E-state index in [4.69, 9.17) is 0 Å². The molecule has 3 N–H and O–H groups in total. The largest absolute Gasteiger partial charge is 0.353 e. The summed E-state index contributed by atoms with van der Waals surface area (Å²) < 4.78 is 0. The Balaban J connectivity index is 1.68. The van der Waals surface area contributed by atoms with Crippen LogP contribution in [-0.2, 0) is 22.7 Å². The Labute approximate surface area is 137 Å². The van der Waals surface area contributed by atoms with E-state index in [1.807, 2.05) is 12.1 Å². The van der Waals surface area contributed by atoms with E-state index in [1.165, 1.54) is 11.1 Å². The molecule has 2 atom stereocenters. The van der Waals surface area contributed by atoms with Crippen molar-refractivity contribution in [1.82, 2.24) is 10.6 Å². The standard InChI is InChI=1S/C18H25N3O2/c1-11(2)6-14-7-13(8-17(22)20-14)18(23)21-16-5-3-4-12-9-19-10-15(12)16/h3-5,11,13-14,19H,6-10H2,1-2H3,(H,20,22)(H,21,23). The van der Waals surface area contributed by atoms with Crippen molar-refractivity contribution in [1.29, 1.82) is 0 Å². The second-order valence-electron chi connectivity index (χ2n) is 7.07. The summed E-state index contributed by atoms with van der Waals surface area (Å²) in [5.41, 5.74) is 3.28. The van der Waals surface area contributed by atoms with Gasteiger partial charge in [-0.3, -0.25) is 9.59 Å². The molecule has 2 amide bonds. The van der Waals surface area contributed by atoms with Crippen LogP contribution in [0, 0.1) is 11.8 Å². The molecule has 0 aromatic heterocycles. The van der Waals surface area contributed by atoms with Crippen molar-refractivity contribution >= 4 is 17.5 Å². The minimum atomic E-state index is -0.238. The van der Waals surface area contributed by atoms with Gasteiger partial charge in [0.2, 0.25) is 11.8 Å². The van der Waals surface area contributed by atoms with Crippen LogP contribution in [-0.4, -0.2) is 17.9 Å². The number of anilines is 1. The maximum absolute atomic E-state index is 12.6. The van der Waals surface area contributed by atoms with Gasteiger partial charge in [0.15, 0.2) is 0 Å². The fourth-order valence-electron chi connectivity index (χ4n) is 3.60. The molecule has 5 nitrogen and oxygen atoms in total. The molecule has 2 heterocycles. The van der Waals surface area contributed by atoms with Crippen LogP contribution in [0.1, 0.15) is 44.2 Å². The number of carbonyl (C=O) groups is 2. The highest BCUT2D eigenvalue weighted by Gasteiger charge is 2.32. The Hall–Kier alpha value is -1.88. The topological polar surface area (TPSA) is 70.2 Å². The average molecular weight is 315 g/mol. The molecule has 0 radical (unpaired) electrons. The summed E-state index contributed by atoms with van der Waals surface area (Å²) in [5, 5.41) is 9.36. The SMILES string of the molecule is CC(C)CC1CC(C(=O)Nc2cccc3c2CNC3)CC(=O)N1. The van der Waals surface area contributed by atoms with Crippen LogP contribution in [0.25, 0.3) is 0 Å². The predicted octanol–water partition coefficient (Wildman–Crippen LogP) is 2.17. The third-order valence-corrected chi connectivity index (χ3v) is 4.64. The third-order valence-electron chi connectivity index (χ3n) is 4.64. The molecular formula is C18H25N3O2. The Bertz CT molecular complexity index is 612. The number of hydrogen-bond acceptors (Lipinski definition) is 3. The normalized spacial score (nSPS) is 23.5. The van der Waals surface area contributed by atoms with E-state index < -0.39 is 0 Å². The lowest BCUT2D eigenvalue weighted by Gasteiger charge is -2.30. The molecule has 0 bridgehead atoms. The van der Waals surface area contributed by atoms with Gasteiger partial charge < -0.3 is 16.0 Å². The maximum Gasteiger partial charge on any atom is 0.228 e. The van der Waals surface area contributed by atoms with Crippen LogP contribution < -0.4 is 16.0 Å². The molecule has 124 valence electrons. The Morgan fingerprint density at radius 2 is 2.17 bits per heavy atom. The molecule has 1 fully saturated rings. The molecular weight excluding hydrogens is 290 g/mol. The van der Waals surface area contributed by atoms with Gasteiger partial charge in [-0.15, -0.1) is 0 Å². The highest BCUT2D eigenvalue weighted by molar-refractivity contribution is 5.96. The first kappa shape index (κ1) is 16.0. The number of benzene rings is 1. The number of fused-ring (bicyclic) bond motifs is 1. The lowest BCUT2D eigenvalue weighted by atomic mass is 9.87. The van der Waals surface area contributed by atoms with Crippen LogP contribution in [0.2, 0.25) is 0 Å². The second kappa shape index (κ2) is 6.71. The van der Waals surface area contributed by atoms with Gasteiger partial charge in [-0.2, -0.15) is 0 Å². The number of amides is 2. The number of hydrogen-bond donors (Lipinski definition) is 3. The van der Waals surface area contributed by atoms with E-state index in [0.29, 0.717) is 5.92 Å². The number of rotatable bonds is 4. The molecule has 5 heteroatoms. The number of piperidine rings is 1. The van der Waals surface area contributed by atoms with Gasteiger partial charge >= 0.3 is 0 Å². The summed E-state index contributed by atoms with van der Waals surface area (Å²) in [6.07, 6.45) is 1.93. The zero-order chi connectivity index (χ0) is 16.4. The fourth-order valence-corrected chi connectivity index (χ4v) is 3.60. The highest BCUT2D eigenvalue weighted by atomic mass is 16.2. The van der Waals surface area contributed by atoms with Crippen molar-refractivity contribution in [2.24, 2.45) is 11.8 Å². The van der Waals surface area contributed by atoms with Gasteiger partial charge in [0.25, 0.3) is 0 Å². The molecule has 0 spiro atoms. The van der Waals surface area contributed by atoms with Gasteiger partial charge in [-0.25, -0.2) is 0 Å². The van der Waals surface area contributed by atoms with Gasteiger partial charge in [0.05, 0.1) is 0 Å². The third kappa shape index (κ3) is 3.72. The van der Waals surface area contributed by atoms with Crippen molar-refractivity contribution in [2.75, 3.05) is 5.32 Å². The predicted molar refractivity (Wildman–Crippen MR) is 89.7 cm³/mol. The van der Waals surface area contributed by atoms with E-state index >= 15 is 0 Å². The number of carbonyl (C=O) groups excluding carboxylic acids is 2. The van der Waals surface area contributed by atoms with Crippen LogP contribution in [0.4, 0.5) is 5.69 Å². The van der Waals surface area contributed by atoms with E-state index in [0.717, 1.165) is 31.6 Å².